The summed E-state index contributed by atoms with van der Waals surface area (Å²) in [6.45, 7) is 1.02. The van der Waals surface area contributed by atoms with Crippen molar-refractivity contribution < 1.29 is 14.3 Å². The average Bonchev–Trinajstić information content (AvgIpc) is 3.26. The third-order valence-corrected chi connectivity index (χ3v) is 4.55. The molecule has 1 amide bonds. The average molecular weight is 313 g/mol. The van der Waals surface area contributed by atoms with E-state index in [2.05, 4.69) is 10.3 Å². The summed E-state index contributed by atoms with van der Waals surface area (Å²) in [5.74, 6) is 1.38. The van der Waals surface area contributed by atoms with Crippen LogP contribution < -0.4 is 10.1 Å². The highest BCUT2D eigenvalue weighted by molar-refractivity contribution is 5.85. The molecule has 0 spiro atoms. The molecule has 23 heavy (non-hydrogen) atoms. The second kappa shape index (κ2) is 5.70. The Hall–Kier alpha value is -2.34. The van der Waals surface area contributed by atoms with Gasteiger partial charge in [0, 0.05) is 31.6 Å². The van der Waals surface area contributed by atoms with Crippen LogP contribution in [0.25, 0.3) is 0 Å². The summed E-state index contributed by atoms with van der Waals surface area (Å²) in [5.41, 5.74) is 0.956. The summed E-state index contributed by atoms with van der Waals surface area (Å²) < 4.78 is 13.3. The van der Waals surface area contributed by atoms with Gasteiger partial charge < -0.3 is 19.4 Å². The van der Waals surface area contributed by atoms with E-state index in [1.54, 1.807) is 6.20 Å². The first-order valence-corrected chi connectivity index (χ1v) is 7.85. The first kappa shape index (κ1) is 14.3. The van der Waals surface area contributed by atoms with E-state index in [4.69, 9.17) is 9.47 Å². The monoisotopic (exact) mass is 313 g/mol. The number of aryl methyl sites for hydroxylation is 1. The van der Waals surface area contributed by atoms with Crippen LogP contribution in [0.3, 0.4) is 0 Å². The van der Waals surface area contributed by atoms with Crippen LogP contribution in [0.2, 0.25) is 0 Å². The molecule has 1 aromatic carbocycles. The topological polar surface area (TPSA) is 65.4 Å². The zero-order valence-corrected chi connectivity index (χ0v) is 12.9. The van der Waals surface area contributed by atoms with Crippen LogP contribution in [0.5, 0.6) is 5.75 Å². The van der Waals surface area contributed by atoms with E-state index < -0.39 is 0 Å². The highest BCUT2D eigenvalue weighted by atomic mass is 16.5. The zero-order valence-electron chi connectivity index (χ0n) is 12.9. The molecular formula is C17H19N3O3. The number of amides is 1. The number of nitrogens with zero attached hydrogens (tertiary/aromatic N) is 2. The minimum atomic E-state index is -0.256. The molecule has 0 aliphatic carbocycles. The molecule has 0 bridgehead atoms. The standard InChI is InChI=1S/C17H19N3O3/c1-20-8-7-18-16(20)15-13(6-9-22-15)19-17(21)12-10-23-14-5-3-2-4-11(12)14/h2-5,7-8,12-13,15H,6,9-10H2,1H3,(H,19,21)/t12-,13-,15-/m0/s1. The number of rotatable bonds is 3. The molecule has 0 radical (unpaired) electrons. The number of fused-ring (bicyclic) bond motifs is 1. The minimum Gasteiger partial charge on any atom is -0.492 e. The third kappa shape index (κ3) is 2.49. The van der Waals surface area contributed by atoms with Crippen molar-refractivity contribution in [3.05, 3.63) is 48.0 Å². The predicted octanol–water partition coefficient (Wildman–Crippen LogP) is 1.54. The lowest BCUT2D eigenvalue weighted by Crippen LogP contribution is -2.40. The number of carbonyl (C=O) groups excluding carboxylic acids is 1. The van der Waals surface area contributed by atoms with E-state index >= 15 is 0 Å². The zero-order chi connectivity index (χ0) is 15.8. The molecule has 6 nitrogen and oxygen atoms in total. The number of para-hydroxylation sites is 1. The van der Waals surface area contributed by atoms with Gasteiger partial charge in [0.1, 0.15) is 30.2 Å². The number of benzene rings is 1. The van der Waals surface area contributed by atoms with Crippen LogP contribution in [0.4, 0.5) is 0 Å². The molecule has 2 aliphatic heterocycles. The Morgan fingerprint density at radius 3 is 3.09 bits per heavy atom. The highest BCUT2D eigenvalue weighted by Crippen LogP contribution is 2.34. The minimum absolute atomic E-state index is 0.00957. The molecule has 6 heteroatoms. The Morgan fingerprint density at radius 2 is 2.26 bits per heavy atom. The van der Waals surface area contributed by atoms with Crippen LogP contribution in [-0.2, 0) is 16.6 Å². The fourth-order valence-corrected chi connectivity index (χ4v) is 3.31. The van der Waals surface area contributed by atoms with Crippen molar-refractivity contribution in [1.82, 2.24) is 14.9 Å². The van der Waals surface area contributed by atoms with Gasteiger partial charge in [0.2, 0.25) is 5.91 Å². The van der Waals surface area contributed by atoms with Gasteiger partial charge in [-0.25, -0.2) is 4.98 Å². The van der Waals surface area contributed by atoms with Gasteiger partial charge >= 0.3 is 0 Å². The quantitative estimate of drug-likeness (QED) is 0.933. The summed E-state index contributed by atoms with van der Waals surface area (Å²) in [6.07, 6.45) is 4.23. The maximum absolute atomic E-state index is 12.7. The van der Waals surface area contributed by atoms with Crippen molar-refractivity contribution in [2.75, 3.05) is 13.2 Å². The maximum Gasteiger partial charge on any atom is 0.231 e. The van der Waals surface area contributed by atoms with Crippen molar-refractivity contribution in [2.24, 2.45) is 7.05 Å². The normalized spacial score (nSPS) is 25.9. The van der Waals surface area contributed by atoms with Gasteiger partial charge in [-0.3, -0.25) is 4.79 Å². The second-order valence-corrected chi connectivity index (χ2v) is 5.99. The number of nitrogens with one attached hydrogen (secondary N) is 1. The van der Waals surface area contributed by atoms with E-state index in [-0.39, 0.29) is 24.0 Å². The lowest BCUT2D eigenvalue weighted by atomic mass is 9.99. The van der Waals surface area contributed by atoms with Crippen LogP contribution in [0.15, 0.2) is 36.7 Å². The molecule has 3 heterocycles. The van der Waals surface area contributed by atoms with E-state index in [9.17, 15) is 4.79 Å². The Bertz CT molecular complexity index is 727. The first-order valence-electron chi connectivity index (χ1n) is 7.85. The van der Waals surface area contributed by atoms with Gasteiger partial charge in [0.15, 0.2) is 0 Å². The lowest BCUT2D eigenvalue weighted by Gasteiger charge is -2.21. The molecule has 1 saturated heterocycles. The fourth-order valence-electron chi connectivity index (χ4n) is 3.31. The van der Waals surface area contributed by atoms with Gasteiger partial charge in [-0.1, -0.05) is 18.2 Å². The molecular weight excluding hydrogens is 294 g/mol. The summed E-state index contributed by atoms with van der Waals surface area (Å²) in [6, 6.07) is 7.65. The van der Waals surface area contributed by atoms with Gasteiger partial charge in [-0.05, 0) is 12.5 Å². The fraction of sp³-hybridized carbons (Fsp3) is 0.412. The second-order valence-electron chi connectivity index (χ2n) is 5.99. The van der Waals surface area contributed by atoms with E-state index in [1.807, 2.05) is 42.1 Å². The van der Waals surface area contributed by atoms with Crippen molar-refractivity contribution in [3.63, 3.8) is 0 Å². The smallest absolute Gasteiger partial charge is 0.231 e. The molecule has 4 rings (SSSR count). The largest absolute Gasteiger partial charge is 0.492 e. The van der Waals surface area contributed by atoms with Crippen molar-refractivity contribution in [2.45, 2.75) is 24.5 Å². The Balaban J connectivity index is 1.50. The van der Waals surface area contributed by atoms with Crippen molar-refractivity contribution in [3.8, 4) is 5.75 Å². The molecule has 120 valence electrons. The van der Waals surface area contributed by atoms with Crippen LogP contribution in [0.1, 0.15) is 29.8 Å². The summed E-state index contributed by atoms with van der Waals surface area (Å²) >= 11 is 0. The molecule has 0 unspecified atom stereocenters. The SMILES string of the molecule is Cn1ccnc1[C@H]1OCC[C@@H]1NC(=O)[C@H]1COc2ccccc21. The Morgan fingerprint density at radius 1 is 1.39 bits per heavy atom. The summed E-state index contributed by atoms with van der Waals surface area (Å²) in [4.78, 5) is 17.0. The molecule has 1 fully saturated rings. The third-order valence-electron chi connectivity index (χ3n) is 4.55. The summed E-state index contributed by atoms with van der Waals surface area (Å²) in [7, 11) is 1.93. The summed E-state index contributed by atoms with van der Waals surface area (Å²) in [5, 5.41) is 3.13. The Labute approximate surface area is 134 Å². The molecule has 2 aliphatic rings. The molecule has 1 N–H and O–H groups in total. The maximum atomic E-state index is 12.7. The first-order chi connectivity index (χ1) is 11.2. The van der Waals surface area contributed by atoms with Gasteiger partial charge in [0.25, 0.3) is 0 Å². The number of ether oxygens (including phenoxy) is 2. The van der Waals surface area contributed by atoms with Gasteiger partial charge in [-0.2, -0.15) is 0 Å². The number of hydrogen-bond donors (Lipinski definition) is 1. The van der Waals surface area contributed by atoms with Crippen LogP contribution in [-0.4, -0.2) is 34.7 Å². The Kier molecular flexibility index (Phi) is 3.53. The number of aromatic nitrogens is 2. The molecule has 2 aromatic rings. The lowest BCUT2D eigenvalue weighted by molar-refractivity contribution is -0.123. The number of hydrogen-bond acceptors (Lipinski definition) is 4. The van der Waals surface area contributed by atoms with Crippen molar-refractivity contribution >= 4 is 5.91 Å². The highest BCUT2D eigenvalue weighted by Gasteiger charge is 2.37. The number of imidazole rings is 1. The molecule has 3 atom stereocenters. The van der Waals surface area contributed by atoms with Crippen LogP contribution >= 0.6 is 0 Å². The predicted molar refractivity (Wildman–Crippen MR) is 83.1 cm³/mol. The molecule has 1 aromatic heterocycles. The van der Waals surface area contributed by atoms with Crippen molar-refractivity contribution in [1.29, 1.82) is 0 Å². The number of carbonyl (C=O) groups is 1. The van der Waals surface area contributed by atoms with Gasteiger partial charge in [0.05, 0.1) is 6.04 Å². The van der Waals surface area contributed by atoms with E-state index in [0.717, 1.165) is 23.6 Å². The van der Waals surface area contributed by atoms with E-state index in [0.29, 0.717) is 13.2 Å². The van der Waals surface area contributed by atoms with Gasteiger partial charge in [-0.15, -0.1) is 0 Å². The van der Waals surface area contributed by atoms with Crippen LogP contribution in [0, 0.1) is 0 Å². The van der Waals surface area contributed by atoms with E-state index in [1.165, 1.54) is 0 Å². The molecule has 0 saturated carbocycles.